The summed E-state index contributed by atoms with van der Waals surface area (Å²) in [6.07, 6.45) is 6.98. The molecule has 1 heterocycles. The van der Waals surface area contributed by atoms with Gasteiger partial charge in [0.15, 0.2) is 0 Å². The molecular formula is C17H32ClN3O2S. The maximum atomic E-state index is 12.3. The Morgan fingerprint density at radius 1 is 1.21 bits per heavy atom. The van der Waals surface area contributed by atoms with Crippen LogP contribution in [-0.2, 0) is 9.59 Å². The first-order valence-corrected chi connectivity index (χ1v) is 10.0. The van der Waals surface area contributed by atoms with Crippen molar-refractivity contribution < 1.29 is 9.59 Å². The molecule has 2 aliphatic rings. The first-order chi connectivity index (χ1) is 11.0. The second kappa shape index (κ2) is 10.5. The van der Waals surface area contributed by atoms with Crippen LogP contribution >= 0.6 is 24.2 Å². The molecule has 0 spiro atoms. The Morgan fingerprint density at radius 2 is 1.88 bits per heavy atom. The van der Waals surface area contributed by atoms with Crippen molar-refractivity contribution in [2.24, 2.45) is 11.7 Å². The van der Waals surface area contributed by atoms with Crippen LogP contribution in [0.4, 0.5) is 0 Å². The number of thioether (sulfide) groups is 1. The van der Waals surface area contributed by atoms with Crippen LogP contribution in [0.2, 0.25) is 0 Å². The molecule has 140 valence electrons. The van der Waals surface area contributed by atoms with E-state index in [2.05, 4.69) is 6.92 Å². The molecule has 0 radical (unpaired) electrons. The molecule has 2 amide bonds. The van der Waals surface area contributed by atoms with E-state index in [-0.39, 0.29) is 30.3 Å². The van der Waals surface area contributed by atoms with E-state index < -0.39 is 0 Å². The van der Waals surface area contributed by atoms with E-state index in [4.69, 9.17) is 5.73 Å². The average Bonchev–Trinajstić information content (AvgIpc) is 2.95. The van der Waals surface area contributed by atoms with Gasteiger partial charge >= 0.3 is 0 Å². The summed E-state index contributed by atoms with van der Waals surface area (Å²) in [6.45, 7) is 3.50. The van der Waals surface area contributed by atoms with Gasteiger partial charge in [-0.1, -0.05) is 19.3 Å². The van der Waals surface area contributed by atoms with E-state index in [1.54, 1.807) is 0 Å². The molecule has 1 aliphatic carbocycles. The summed E-state index contributed by atoms with van der Waals surface area (Å²) >= 11 is 1.45. The first-order valence-electron chi connectivity index (χ1n) is 8.85. The van der Waals surface area contributed by atoms with Crippen molar-refractivity contribution >= 4 is 36.0 Å². The van der Waals surface area contributed by atoms with E-state index in [1.807, 2.05) is 16.8 Å². The fourth-order valence-electron chi connectivity index (χ4n) is 3.74. The molecular weight excluding hydrogens is 346 g/mol. The molecule has 2 fully saturated rings. The Kier molecular flexibility index (Phi) is 9.45. The Balaban J connectivity index is 0.00000288. The summed E-state index contributed by atoms with van der Waals surface area (Å²) in [5.74, 6) is 1.53. The third kappa shape index (κ3) is 5.81. The summed E-state index contributed by atoms with van der Waals surface area (Å²) in [4.78, 5) is 28.4. The van der Waals surface area contributed by atoms with E-state index in [9.17, 15) is 9.59 Å². The lowest BCUT2D eigenvalue weighted by atomic mass is 9.94. The summed E-state index contributed by atoms with van der Waals surface area (Å²) < 4.78 is 0. The van der Waals surface area contributed by atoms with Gasteiger partial charge in [-0.3, -0.25) is 9.59 Å². The molecule has 0 aromatic heterocycles. The maximum Gasteiger partial charge on any atom is 0.232 e. The van der Waals surface area contributed by atoms with E-state index >= 15 is 0 Å². The average molecular weight is 378 g/mol. The number of hydrogen-bond acceptors (Lipinski definition) is 4. The van der Waals surface area contributed by atoms with Gasteiger partial charge in [-0.05, 0) is 38.6 Å². The maximum absolute atomic E-state index is 12.3. The summed E-state index contributed by atoms with van der Waals surface area (Å²) in [5.41, 5.74) is 5.71. The van der Waals surface area contributed by atoms with Crippen LogP contribution in [0.25, 0.3) is 0 Å². The van der Waals surface area contributed by atoms with E-state index in [0.29, 0.717) is 30.0 Å². The number of halogens is 1. The smallest absolute Gasteiger partial charge is 0.232 e. The molecule has 2 N–H and O–H groups in total. The lowest BCUT2D eigenvalue weighted by molar-refractivity contribution is -0.129. The molecule has 0 bridgehead atoms. The van der Waals surface area contributed by atoms with Crippen molar-refractivity contribution in [3.8, 4) is 0 Å². The van der Waals surface area contributed by atoms with Crippen molar-refractivity contribution in [1.82, 2.24) is 9.80 Å². The lowest BCUT2D eigenvalue weighted by Crippen LogP contribution is -2.40. The Morgan fingerprint density at radius 3 is 2.46 bits per heavy atom. The number of hydrogen-bond donors (Lipinski definition) is 1. The molecule has 2 rings (SSSR count). The first kappa shape index (κ1) is 21.6. The van der Waals surface area contributed by atoms with Crippen LogP contribution in [0, 0.1) is 5.92 Å². The van der Waals surface area contributed by atoms with Crippen molar-refractivity contribution in [3.05, 3.63) is 0 Å². The fourth-order valence-corrected chi connectivity index (χ4v) is 4.56. The van der Waals surface area contributed by atoms with Gasteiger partial charge in [0, 0.05) is 25.7 Å². The minimum absolute atomic E-state index is 0. The van der Waals surface area contributed by atoms with Crippen LogP contribution in [0.15, 0.2) is 0 Å². The van der Waals surface area contributed by atoms with Crippen molar-refractivity contribution in [1.29, 1.82) is 0 Å². The molecule has 1 saturated heterocycles. The monoisotopic (exact) mass is 377 g/mol. The number of carbonyl (C=O) groups is 2. The summed E-state index contributed by atoms with van der Waals surface area (Å²) in [7, 11) is 1.91. The van der Waals surface area contributed by atoms with Crippen molar-refractivity contribution in [2.75, 3.05) is 31.6 Å². The van der Waals surface area contributed by atoms with Gasteiger partial charge in [0.05, 0.1) is 11.5 Å². The zero-order valence-corrected chi connectivity index (χ0v) is 16.5. The van der Waals surface area contributed by atoms with Gasteiger partial charge in [0.1, 0.15) is 0 Å². The van der Waals surface area contributed by atoms with Crippen LogP contribution in [0.3, 0.4) is 0 Å². The van der Waals surface area contributed by atoms with E-state index in [0.717, 1.165) is 25.8 Å². The normalized spacial score (nSPS) is 24.5. The molecule has 7 heteroatoms. The molecule has 0 aromatic carbocycles. The Labute approximate surface area is 156 Å². The minimum atomic E-state index is 0. The third-order valence-electron chi connectivity index (χ3n) is 5.28. The molecule has 2 unspecified atom stereocenters. The molecule has 24 heavy (non-hydrogen) atoms. The molecule has 1 saturated carbocycles. The zero-order valence-electron chi connectivity index (χ0n) is 14.9. The van der Waals surface area contributed by atoms with Gasteiger partial charge in [-0.15, -0.1) is 24.2 Å². The minimum Gasteiger partial charge on any atom is -0.342 e. The molecule has 0 aromatic rings. The van der Waals surface area contributed by atoms with Crippen LogP contribution < -0.4 is 5.73 Å². The lowest BCUT2D eigenvalue weighted by Gasteiger charge is -2.31. The number of likely N-dealkylation sites (tertiary alicyclic amines) is 1. The summed E-state index contributed by atoms with van der Waals surface area (Å²) in [5, 5.41) is 0. The predicted octanol–water partition coefficient (Wildman–Crippen LogP) is 2.13. The highest BCUT2D eigenvalue weighted by atomic mass is 35.5. The van der Waals surface area contributed by atoms with E-state index in [1.165, 1.54) is 31.0 Å². The van der Waals surface area contributed by atoms with Crippen molar-refractivity contribution in [3.63, 3.8) is 0 Å². The Bertz CT molecular complexity index is 419. The van der Waals surface area contributed by atoms with Gasteiger partial charge in [-0.2, -0.15) is 0 Å². The van der Waals surface area contributed by atoms with Gasteiger partial charge in [0.2, 0.25) is 11.8 Å². The third-order valence-corrected chi connectivity index (χ3v) is 6.18. The second-order valence-electron chi connectivity index (χ2n) is 7.02. The quantitative estimate of drug-likeness (QED) is 0.770. The zero-order chi connectivity index (χ0) is 16.8. The standard InChI is InChI=1S/C17H31N3O2S.ClH/c1-13-8-14(9-18)10-20(13)17(22)12-23-11-16(21)19(2)15-6-4-3-5-7-15;/h13-15H,3-12,18H2,1-2H3;1H. The number of carbonyl (C=O) groups excluding carboxylic acids is 2. The van der Waals surface area contributed by atoms with Gasteiger partial charge < -0.3 is 15.5 Å². The topological polar surface area (TPSA) is 66.6 Å². The number of rotatable bonds is 6. The van der Waals surface area contributed by atoms with Crippen molar-refractivity contribution in [2.45, 2.75) is 57.5 Å². The molecule has 5 nitrogen and oxygen atoms in total. The highest BCUT2D eigenvalue weighted by Gasteiger charge is 2.31. The largest absolute Gasteiger partial charge is 0.342 e. The molecule has 1 aliphatic heterocycles. The SMILES string of the molecule is CC1CC(CN)CN1C(=O)CSCC(=O)N(C)C1CCCCC1.Cl. The predicted molar refractivity (Wildman–Crippen MR) is 103 cm³/mol. The second-order valence-corrected chi connectivity index (χ2v) is 8.01. The summed E-state index contributed by atoms with van der Waals surface area (Å²) in [6, 6.07) is 0.675. The number of nitrogens with zero attached hydrogens (tertiary/aromatic N) is 2. The highest BCUT2D eigenvalue weighted by Crippen LogP contribution is 2.24. The Hall–Kier alpha value is -0.460. The van der Waals surface area contributed by atoms with Gasteiger partial charge in [-0.25, -0.2) is 0 Å². The fraction of sp³-hybridized carbons (Fsp3) is 0.882. The van der Waals surface area contributed by atoms with Crippen LogP contribution in [0.5, 0.6) is 0 Å². The number of nitrogens with two attached hydrogens (primary N) is 1. The highest BCUT2D eigenvalue weighted by molar-refractivity contribution is 8.00. The molecule has 2 atom stereocenters. The number of amides is 2. The van der Waals surface area contributed by atoms with Crippen LogP contribution in [0.1, 0.15) is 45.4 Å². The van der Waals surface area contributed by atoms with Gasteiger partial charge in [0.25, 0.3) is 0 Å². The van der Waals surface area contributed by atoms with Crippen LogP contribution in [-0.4, -0.2) is 65.3 Å².